The van der Waals surface area contributed by atoms with Crippen LogP contribution < -0.4 is 9.47 Å². The third-order valence-corrected chi connectivity index (χ3v) is 5.12. The quantitative estimate of drug-likeness (QED) is 0.151. The molecule has 0 unspecified atom stereocenters. The molecule has 0 aliphatic carbocycles. The first-order valence-corrected chi connectivity index (χ1v) is 10.9. The molecule has 0 atom stereocenters. The maximum absolute atomic E-state index is 12.1. The van der Waals surface area contributed by atoms with Crippen LogP contribution in [-0.4, -0.2) is 26.8 Å². The summed E-state index contributed by atoms with van der Waals surface area (Å²) in [7, 11) is 2.79. The van der Waals surface area contributed by atoms with E-state index in [9.17, 15) is 4.79 Å². The molecule has 168 valence electrons. The van der Waals surface area contributed by atoms with Gasteiger partial charge in [0.1, 0.15) is 17.9 Å². The fraction of sp³-hybridized carbons (Fsp3) is 0.375. The fourth-order valence-electron chi connectivity index (χ4n) is 2.98. The highest BCUT2D eigenvalue weighted by Crippen LogP contribution is 2.37. The van der Waals surface area contributed by atoms with Gasteiger partial charge in [0.05, 0.1) is 37.1 Å². The van der Waals surface area contributed by atoms with Gasteiger partial charge in [-0.05, 0) is 17.5 Å². The Morgan fingerprint density at radius 1 is 1.00 bits per heavy atom. The number of hydrogen-bond donors (Lipinski definition) is 0. The number of ether oxygens (including phenoxy) is 4. The van der Waals surface area contributed by atoms with Crippen molar-refractivity contribution in [2.24, 2.45) is 0 Å². The minimum atomic E-state index is -0.499. The number of rotatable bonds is 12. The fourth-order valence-corrected chi connectivity index (χ4v) is 3.56. The standard InChI is InChI=1S/C24H28Cl2O5/c1-4-5-6-9-12-30-23-21(25)13-18(14-22(23)26)31-15-17-10-7-8-11-19(17)20(16-28-2)24(27)29-3/h7-8,10-11,13-14,16H,4-6,9,12,15H2,1-3H3/b20-16+. The van der Waals surface area contributed by atoms with Gasteiger partial charge in [0.2, 0.25) is 0 Å². The van der Waals surface area contributed by atoms with Gasteiger partial charge in [-0.1, -0.05) is 73.7 Å². The van der Waals surface area contributed by atoms with Crippen LogP contribution in [0, 0.1) is 0 Å². The second kappa shape index (κ2) is 13.1. The van der Waals surface area contributed by atoms with Crippen molar-refractivity contribution < 1.29 is 23.7 Å². The summed E-state index contributed by atoms with van der Waals surface area (Å²) in [6, 6.07) is 10.7. The molecule has 0 heterocycles. The van der Waals surface area contributed by atoms with E-state index in [0.717, 1.165) is 18.4 Å². The molecule has 5 nitrogen and oxygen atoms in total. The largest absolute Gasteiger partial charge is 0.503 e. The normalized spacial score (nSPS) is 11.2. The predicted octanol–water partition coefficient (Wildman–Crippen LogP) is 6.69. The molecule has 0 saturated heterocycles. The summed E-state index contributed by atoms with van der Waals surface area (Å²) in [5.41, 5.74) is 1.73. The van der Waals surface area contributed by atoms with Crippen LogP contribution in [0.2, 0.25) is 10.0 Å². The lowest BCUT2D eigenvalue weighted by atomic mass is 10.0. The summed E-state index contributed by atoms with van der Waals surface area (Å²) in [6.07, 6.45) is 5.75. The Bertz CT molecular complexity index is 872. The molecule has 2 rings (SSSR count). The van der Waals surface area contributed by atoms with E-state index in [-0.39, 0.29) is 6.61 Å². The first-order chi connectivity index (χ1) is 15.0. The second-order valence-corrected chi connectivity index (χ2v) is 7.64. The minimum Gasteiger partial charge on any atom is -0.503 e. The van der Waals surface area contributed by atoms with Gasteiger partial charge in [0.15, 0.2) is 5.75 Å². The van der Waals surface area contributed by atoms with Crippen LogP contribution in [0.1, 0.15) is 43.7 Å². The Hall–Kier alpha value is -2.37. The Labute approximate surface area is 193 Å². The van der Waals surface area contributed by atoms with E-state index in [4.69, 9.17) is 42.1 Å². The molecule has 0 N–H and O–H groups in total. The molecule has 7 heteroatoms. The van der Waals surface area contributed by atoms with Gasteiger partial charge in [0.25, 0.3) is 0 Å². The smallest absolute Gasteiger partial charge is 0.341 e. The van der Waals surface area contributed by atoms with Gasteiger partial charge in [-0.3, -0.25) is 0 Å². The third-order valence-electron chi connectivity index (χ3n) is 4.56. The molecule has 0 fully saturated rings. The van der Waals surface area contributed by atoms with Gasteiger partial charge in [-0.2, -0.15) is 0 Å². The first-order valence-electron chi connectivity index (χ1n) is 10.2. The average molecular weight is 467 g/mol. The monoisotopic (exact) mass is 466 g/mol. The first kappa shape index (κ1) is 24.9. The molecule has 0 aliphatic rings. The van der Waals surface area contributed by atoms with Crippen molar-refractivity contribution in [3.63, 3.8) is 0 Å². The summed E-state index contributed by atoms with van der Waals surface area (Å²) in [4.78, 5) is 12.1. The van der Waals surface area contributed by atoms with E-state index >= 15 is 0 Å². The van der Waals surface area contributed by atoms with Crippen molar-refractivity contribution in [2.75, 3.05) is 20.8 Å². The molecule has 0 spiro atoms. The van der Waals surface area contributed by atoms with Crippen LogP contribution in [-0.2, 0) is 20.9 Å². The van der Waals surface area contributed by atoms with Crippen LogP contribution in [0.25, 0.3) is 5.57 Å². The molecule has 2 aromatic rings. The van der Waals surface area contributed by atoms with Crippen molar-refractivity contribution in [3.8, 4) is 11.5 Å². The Morgan fingerprint density at radius 2 is 1.71 bits per heavy atom. The number of benzene rings is 2. The summed E-state index contributed by atoms with van der Waals surface area (Å²) in [5, 5.41) is 0.779. The number of carbonyl (C=O) groups is 1. The summed E-state index contributed by atoms with van der Waals surface area (Å²) < 4.78 is 21.6. The van der Waals surface area contributed by atoms with Crippen LogP contribution in [0.15, 0.2) is 42.7 Å². The molecule has 0 aromatic heterocycles. The number of esters is 1. The van der Waals surface area contributed by atoms with Crippen LogP contribution in [0.3, 0.4) is 0 Å². The molecule has 2 aromatic carbocycles. The zero-order valence-corrected chi connectivity index (χ0v) is 19.6. The molecule has 0 aliphatic heterocycles. The average Bonchev–Trinajstić information content (AvgIpc) is 2.77. The molecule has 0 amide bonds. The highest BCUT2D eigenvalue weighted by atomic mass is 35.5. The highest BCUT2D eigenvalue weighted by Gasteiger charge is 2.17. The lowest BCUT2D eigenvalue weighted by Gasteiger charge is -2.15. The van der Waals surface area contributed by atoms with Crippen molar-refractivity contribution in [2.45, 2.75) is 39.2 Å². The molecule has 0 saturated carbocycles. The van der Waals surface area contributed by atoms with E-state index in [1.165, 1.54) is 33.3 Å². The van der Waals surface area contributed by atoms with E-state index in [0.29, 0.717) is 39.3 Å². The van der Waals surface area contributed by atoms with Gasteiger partial charge >= 0.3 is 5.97 Å². The minimum absolute atomic E-state index is 0.193. The van der Waals surface area contributed by atoms with E-state index in [1.807, 2.05) is 18.2 Å². The van der Waals surface area contributed by atoms with Gasteiger partial charge in [-0.25, -0.2) is 4.79 Å². The van der Waals surface area contributed by atoms with Crippen LogP contribution in [0.5, 0.6) is 11.5 Å². The van der Waals surface area contributed by atoms with Gasteiger partial charge < -0.3 is 18.9 Å². The molecular weight excluding hydrogens is 439 g/mol. The maximum Gasteiger partial charge on any atom is 0.341 e. The van der Waals surface area contributed by atoms with Crippen molar-refractivity contribution in [3.05, 3.63) is 63.8 Å². The van der Waals surface area contributed by atoms with Crippen molar-refractivity contribution >= 4 is 34.7 Å². The second-order valence-electron chi connectivity index (χ2n) is 6.83. The Balaban J connectivity index is 2.12. The zero-order chi connectivity index (χ0) is 22.6. The summed E-state index contributed by atoms with van der Waals surface area (Å²) in [5.74, 6) is 0.461. The number of carbonyl (C=O) groups excluding carboxylic acids is 1. The molecule has 0 bridgehead atoms. The topological polar surface area (TPSA) is 54.0 Å². The highest BCUT2D eigenvalue weighted by molar-refractivity contribution is 6.37. The number of unbranched alkanes of at least 4 members (excludes halogenated alkanes) is 3. The van der Waals surface area contributed by atoms with E-state index < -0.39 is 5.97 Å². The van der Waals surface area contributed by atoms with Crippen molar-refractivity contribution in [1.82, 2.24) is 0 Å². The molecular formula is C24H28Cl2O5. The van der Waals surface area contributed by atoms with E-state index in [2.05, 4.69) is 6.92 Å². The van der Waals surface area contributed by atoms with Crippen LogP contribution in [0.4, 0.5) is 0 Å². The van der Waals surface area contributed by atoms with Crippen molar-refractivity contribution in [1.29, 1.82) is 0 Å². The zero-order valence-electron chi connectivity index (χ0n) is 18.1. The van der Waals surface area contributed by atoms with Gasteiger partial charge in [-0.15, -0.1) is 0 Å². The third kappa shape index (κ3) is 7.37. The maximum atomic E-state index is 12.1. The predicted molar refractivity (Wildman–Crippen MR) is 124 cm³/mol. The van der Waals surface area contributed by atoms with Gasteiger partial charge in [0, 0.05) is 12.1 Å². The lowest BCUT2D eigenvalue weighted by molar-refractivity contribution is -0.133. The SMILES string of the molecule is CCCCCCOc1c(Cl)cc(OCc2ccccc2/C(=C\OC)C(=O)OC)cc1Cl. The summed E-state index contributed by atoms with van der Waals surface area (Å²) in [6.45, 7) is 2.92. The number of methoxy groups -OCH3 is 2. The molecule has 31 heavy (non-hydrogen) atoms. The van der Waals surface area contributed by atoms with E-state index in [1.54, 1.807) is 18.2 Å². The Kier molecular flexibility index (Phi) is 10.5. The lowest BCUT2D eigenvalue weighted by Crippen LogP contribution is -2.08. The van der Waals surface area contributed by atoms with Crippen LogP contribution >= 0.6 is 23.2 Å². The molecule has 0 radical (unpaired) electrons. The Morgan fingerprint density at radius 3 is 2.35 bits per heavy atom. The number of halogens is 2. The number of hydrogen-bond acceptors (Lipinski definition) is 5. The summed E-state index contributed by atoms with van der Waals surface area (Å²) >= 11 is 12.7.